The summed E-state index contributed by atoms with van der Waals surface area (Å²) < 4.78 is 1.43. The smallest absolute Gasteiger partial charge is 0.330 e. The Hall–Kier alpha value is -1.72. The highest BCUT2D eigenvalue weighted by Crippen LogP contribution is 2.28. The summed E-state index contributed by atoms with van der Waals surface area (Å²) >= 11 is 0. The van der Waals surface area contributed by atoms with Crippen LogP contribution in [0.5, 0.6) is 0 Å². The van der Waals surface area contributed by atoms with Crippen molar-refractivity contribution in [3.8, 4) is 0 Å². The summed E-state index contributed by atoms with van der Waals surface area (Å²) in [5.41, 5.74) is 5.51. The summed E-state index contributed by atoms with van der Waals surface area (Å²) in [6.07, 6.45) is 6.94. The monoisotopic (exact) mass is 294 g/mol. The van der Waals surface area contributed by atoms with Crippen molar-refractivity contribution in [3.05, 3.63) is 20.8 Å². The third-order valence-corrected chi connectivity index (χ3v) is 4.42. The van der Waals surface area contributed by atoms with Crippen LogP contribution in [0.3, 0.4) is 0 Å². The Bertz CT molecular complexity index is 584. The maximum Gasteiger partial charge on any atom is 0.330 e. The second-order valence-electron chi connectivity index (χ2n) is 6.00. The first kappa shape index (κ1) is 15.7. The second-order valence-corrected chi connectivity index (χ2v) is 6.00. The SMILES string of the molecule is CCCn1c(N)c(NC(C)C2CCCCC2)c(=O)[nH]c1=O. The molecule has 1 unspecified atom stereocenters. The van der Waals surface area contributed by atoms with Crippen LogP contribution in [-0.4, -0.2) is 15.6 Å². The largest absolute Gasteiger partial charge is 0.383 e. The van der Waals surface area contributed by atoms with Crippen molar-refractivity contribution >= 4 is 11.5 Å². The third kappa shape index (κ3) is 3.49. The van der Waals surface area contributed by atoms with E-state index in [4.69, 9.17) is 5.73 Å². The van der Waals surface area contributed by atoms with Gasteiger partial charge in [0.1, 0.15) is 11.5 Å². The number of nitrogens with one attached hydrogen (secondary N) is 2. The van der Waals surface area contributed by atoms with Gasteiger partial charge in [0.05, 0.1) is 0 Å². The van der Waals surface area contributed by atoms with Gasteiger partial charge in [-0.05, 0) is 32.1 Å². The minimum absolute atomic E-state index is 0.182. The zero-order valence-electron chi connectivity index (χ0n) is 12.9. The van der Waals surface area contributed by atoms with Crippen LogP contribution < -0.4 is 22.3 Å². The van der Waals surface area contributed by atoms with Gasteiger partial charge in [0.15, 0.2) is 0 Å². The van der Waals surface area contributed by atoms with Gasteiger partial charge in [-0.15, -0.1) is 0 Å². The number of hydrogen-bond acceptors (Lipinski definition) is 4. The van der Waals surface area contributed by atoms with Gasteiger partial charge in [-0.3, -0.25) is 14.3 Å². The average molecular weight is 294 g/mol. The first-order chi connectivity index (χ1) is 10.0. The van der Waals surface area contributed by atoms with Crippen LogP contribution in [0, 0.1) is 5.92 Å². The van der Waals surface area contributed by atoms with Crippen molar-refractivity contribution in [2.24, 2.45) is 5.92 Å². The highest BCUT2D eigenvalue weighted by Gasteiger charge is 2.22. The molecule has 21 heavy (non-hydrogen) atoms. The molecule has 4 N–H and O–H groups in total. The lowest BCUT2D eigenvalue weighted by Gasteiger charge is -2.29. The summed E-state index contributed by atoms with van der Waals surface area (Å²) in [6, 6.07) is 0.182. The number of nitrogen functional groups attached to an aromatic ring is 1. The maximum absolute atomic E-state index is 12.0. The Morgan fingerprint density at radius 2 is 2.00 bits per heavy atom. The maximum atomic E-state index is 12.0. The molecule has 1 aliphatic rings. The molecule has 1 heterocycles. The van der Waals surface area contributed by atoms with Crippen LogP contribution >= 0.6 is 0 Å². The van der Waals surface area contributed by atoms with E-state index in [0.717, 1.165) is 6.42 Å². The molecule has 1 aromatic heterocycles. The second kappa shape index (κ2) is 6.83. The van der Waals surface area contributed by atoms with Gasteiger partial charge < -0.3 is 11.1 Å². The number of aromatic amines is 1. The lowest BCUT2D eigenvalue weighted by atomic mass is 9.84. The molecule has 1 saturated carbocycles. The summed E-state index contributed by atoms with van der Waals surface area (Å²) in [5.74, 6) is 0.803. The minimum atomic E-state index is -0.435. The highest BCUT2D eigenvalue weighted by atomic mass is 16.2. The van der Waals surface area contributed by atoms with E-state index in [1.54, 1.807) is 0 Å². The normalized spacial score (nSPS) is 17.6. The van der Waals surface area contributed by atoms with Crippen LogP contribution in [0.4, 0.5) is 11.5 Å². The Balaban J connectivity index is 2.24. The molecule has 0 amide bonds. The predicted molar refractivity (Wildman–Crippen MR) is 85.7 cm³/mol. The highest BCUT2D eigenvalue weighted by molar-refractivity contribution is 5.60. The molecule has 0 saturated heterocycles. The molecule has 0 radical (unpaired) electrons. The van der Waals surface area contributed by atoms with E-state index in [-0.39, 0.29) is 11.9 Å². The van der Waals surface area contributed by atoms with E-state index in [0.29, 0.717) is 18.2 Å². The van der Waals surface area contributed by atoms with Crippen molar-refractivity contribution in [1.29, 1.82) is 0 Å². The van der Waals surface area contributed by atoms with Gasteiger partial charge in [-0.1, -0.05) is 26.2 Å². The van der Waals surface area contributed by atoms with Crippen molar-refractivity contribution in [2.75, 3.05) is 11.1 Å². The van der Waals surface area contributed by atoms with Crippen molar-refractivity contribution < 1.29 is 0 Å². The topological polar surface area (TPSA) is 92.9 Å². The van der Waals surface area contributed by atoms with Crippen molar-refractivity contribution in [3.63, 3.8) is 0 Å². The van der Waals surface area contributed by atoms with Crippen LogP contribution in [0.15, 0.2) is 9.59 Å². The lowest BCUT2D eigenvalue weighted by molar-refractivity contribution is 0.328. The fraction of sp³-hybridized carbons (Fsp3) is 0.733. The molecule has 1 fully saturated rings. The number of rotatable bonds is 5. The lowest BCUT2D eigenvalue weighted by Crippen LogP contribution is -2.37. The fourth-order valence-electron chi connectivity index (χ4n) is 3.15. The summed E-state index contributed by atoms with van der Waals surface area (Å²) in [5, 5.41) is 3.25. The van der Waals surface area contributed by atoms with Gasteiger partial charge in [0.2, 0.25) is 0 Å². The molecule has 0 aromatic carbocycles. The minimum Gasteiger partial charge on any atom is -0.383 e. The molecule has 6 nitrogen and oxygen atoms in total. The average Bonchev–Trinajstić information content (AvgIpc) is 2.48. The van der Waals surface area contributed by atoms with Gasteiger partial charge in [0.25, 0.3) is 5.56 Å². The molecule has 118 valence electrons. The zero-order chi connectivity index (χ0) is 15.4. The van der Waals surface area contributed by atoms with Gasteiger partial charge in [-0.2, -0.15) is 0 Å². The van der Waals surface area contributed by atoms with Gasteiger partial charge in [-0.25, -0.2) is 4.79 Å². The van der Waals surface area contributed by atoms with Gasteiger partial charge >= 0.3 is 5.69 Å². The molecule has 1 atom stereocenters. The van der Waals surface area contributed by atoms with E-state index in [1.807, 2.05) is 6.92 Å². The quantitative estimate of drug-likeness (QED) is 0.773. The molecule has 0 spiro atoms. The van der Waals surface area contributed by atoms with E-state index < -0.39 is 11.2 Å². The predicted octanol–water partition coefficient (Wildman–Crippen LogP) is 1.91. The number of H-pyrrole nitrogens is 1. The number of anilines is 2. The molecule has 0 aliphatic heterocycles. The molecular weight excluding hydrogens is 268 g/mol. The van der Waals surface area contributed by atoms with Crippen LogP contribution in [-0.2, 0) is 6.54 Å². The molecule has 1 aliphatic carbocycles. The number of nitrogens with zero attached hydrogens (tertiary/aromatic N) is 1. The summed E-state index contributed by atoms with van der Waals surface area (Å²) in [4.78, 5) is 26.2. The van der Waals surface area contributed by atoms with Crippen molar-refractivity contribution in [1.82, 2.24) is 9.55 Å². The Morgan fingerprint density at radius 1 is 1.33 bits per heavy atom. The molecule has 2 rings (SSSR count). The molecular formula is C15H26N4O2. The number of aromatic nitrogens is 2. The molecule has 6 heteroatoms. The first-order valence-corrected chi connectivity index (χ1v) is 7.93. The Kier molecular flexibility index (Phi) is 5.09. The van der Waals surface area contributed by atoms with Gasteiger partial charge in [0, 0.05) is 12.6 Å². The third-order valence-electron chi connectivity index (χ3n) is 4.42. The standard InChI is InChI=1S/C15H26N4O2/c1-3-9-19-13(16)12(14(20)18-15(19)21)17-10(2)11-7-5-4-6-8-11/h10-11,17H,3-9,16H2,1-2H3,(H,18,20,21). The summed E-state index contributed by atoms with van der Waals surface area (Å²) in [7, 11) is 0. The molecule has 0 bridgehead atoms. The van der Waals surface area contributed by atoms with E-state index in [9.17, 15) is 9.59 Å². The van der Waals surface area contributed by atoms with Crippen molar-refractivity contribution in [2.45, 2.75) is 65.0 Å². The van der Waals surface area contributed by atoms with E-state index in [2.05, 4.69) is 17.2 Å². The summed E-state index contributed by atoms with van der Waals surface area (Å²) in [6.45, 7) is 4.56. The van der Waals surface area contributed by atoms with Crippen LogP contribution in [0.25, 0.3) is 0 Å². The fourth-order valence-corrected chi connectivity index (χ4v) is 3.15. The number of nitrogens with two attached hydrogens (primary N) is 1. The number of hydrogen-bond donors (Lipinski definition) is 3. The Morgan fingerprint density at radius 3 is 2.62 bits per heavy atom. The first-order valence-electron chi connectivity index (χ1n) is 7.93. The molecule has 1 aromatic rings. The zero-order valence-corrected chi connectivity index (χ0v) is 12.9. The van der Waals surface area contributed by atoms with E-state index >= 15 is 0 Å². The van der Waals surface area contributed by atoms with Crippen LogP contribution in [0.2, 0.25) is 0 Å². The van der Waals surface area contributed by atoms with E-state index in [1.165, 1.54) is 36.7 Å². The van der Waals surface area contributed by atoms with Crippen LogP contribution in [0.1, 0.15) is 52.4 Å². The Labute approximate surface area is 124 Å².